The summed E-state index contributed by atoms with van der Waals surface area (Å²) in [5.41, 5.74) is 9.04. The minimum absolute atomic E-state index is 0.620. The van der Waals surface area contributed by atoms with Gasteiger partial charge in [0.15, 0.2) is 17.5 Å². The summed E-state index contributed by atoms with van der Waals surface area (Å²) in [5.74, 6) is 1.88. The lowest BCUT2D eigenvalue weighted by atomic mass is 9.93. The summed E-state index contributed by atoms with van der Waals surface area (Å²) in [6.07, 6.45) is 0. The average Bonchev–Trinajstić information content (AvgIpc) is 3.65. The fourth-order valence-electron chi connectivity index (χ4n) is 7.97. The van der Waals surface area contributed by atoms with Gasteiger partial charge in [-0.1, -0.05) is 164 Å². The van der Waals surface area contributed by atoms with E-state index in [1.54, 1.807) is 0 Å². The number of aromatic nitrogens is 3. The molecule has 0 radical (unpaired) electrons. The maximum atomic E-state index is 6.20. The molecule has 11 aromatic rings. The number of hydrogen-bond acceptors (Lipinski definition) is 4. The van der Waals surface area contributed by atoms with Crippen LogP contribution in [0.25, 0.3) is 111 Å². The standard InChI is InChI=1S/C51H31N3O/c1-2-10-32(11-3-1)33-18-22-35(23-19-33)49-52-50(36-24-20-34(21-25-36)37-26-29-45-44-16-8-9-17-47(44)55-48(45)31-37)54-51(53-49)38-27-28-43-41-14-5-4-12-39(41)40-13-6-7-15-42(40)46(43)30-38/h1-31H. The number of para-hydroxylation sites is 1. The lowest BCUT2D eigenvalue weighted by molar-refractivity contribution is 0.669. The molecule has 11 rings (SSSR count). The van der Waals surface area contributed by atoms with Gasteiger partial charge in [0.05, 0.1) is 0 Å². The highest BCUT2D eigenvalue weighted by molar-refractivity contribution is 6.25. The molecule has 0 saturated carbocycles. The van der Waals surface area contributed by atoms with E-state index in [1.165, 1.54) is 37.9 Å². The molecule has 0 amide bonds. The summed E-state index contributed by atoms with van der Waals surface area (Å²) in [6.45, 7) is 0. The Morgan fingerprint density at radius 2 is 0.618 bits per heavy atom. The van der Waals surface area contributed by atoms with E-state index in [0.29, 0.717) is 17.5 Å². The minimum atomic E-state index is 0.620. The third kappa shape index (κ3) is 5.34. The Morgan fingerprint density at radius 1 is 0.236 bits per heavy atom. The molecule has 0 aliphatic heterocycles. The smallest absolute Gasteiger partial charge is 0.164 e. The van der Waals surface area contributed by atoms with Gasteiger partial charge in [0.1, 0.15) is 11.2 Å². The molecule has 0 unspecified atom stereocenters. The van der Waals surface area contributed by atoms with Crippen molar-refractivity contribution in [1.29, 1.82) is 0 Å². The van der Waals surface area contributed by atoms with Crippen molar-refractivity contribution in [3.8, 4) is 56.4 Å². The van der Waals surface area contributed by atoms with Gasteiger partial charge in [0, 0.05) is 27.5 Å². The third-order valence-corrected chi connectivity index (χ3v) is 10.7. The highest BCUT2D eigenvalue weighted by Gasteiger charge is 2.16. The predicted octanol–water partition coefficient (Wildman–Crippen LogP) is 13.6. The van der Waals surface area contributed by atoms with Gasteiger partial charge >= 0.3 is 0 Å². The van der Waals surface area contributed by atoms with Crippen molar-refractivity contribution in [1.82, 2.24) is 15.0 Å². The Labute approximate surface area is 317 Å². The van der Waals surface area contributed by atoms with Crippen LogP contribution in [0, 0.1) is 0 Å². The van der Waals surface area contributed by atoms with Crippen LogP contribution in [0.1, 0.15) is 0 Å². The van der Waals surface area contributed by atoms with Gasteiger partial charge in [0.25, 0.3) is 0 Å². The molecular weight excluding hydrogens is 671 g/mol. The van der Waals surface area contributed by atoms with E-state index in [4.69, 9.17) is 19.4 Å². The Morgan fingerprint density at radius 3 is 1.24 bits per heavy atom. The monoisotopic (exact) mass is 701 g/mol. The number of furan rings is 1. The summed E-state index contributed by atoms with van der Waals surface area (Å²) in [5, 5.41) is 9.56. The Hall–Kier alpha value is -7.43. The molecule has 256 valence electrons. The summed E-state index contributed by atoms with van der Waals surface area (Å²) >= 11 is 0. The van der Waals surface area contributed by atoms with Crippen LogP contribution in [0.15, 0.2) is 192 Å². The lowest BCUT2D eigenvalue weighted by Crippen LogP contribution is -2.00. The normalized spacial score (nSPS) is 11.6. The quantitative estimate of drug-likeness (QED) is 0.168. The number of rotatable bonds is 5. The molecule has 0 aliphatic carbocycles. The number of hydrogen-bond donors (Lipinski definition) is 0. The second-order valence-corrected chi connectivity index (χ2v) is 14.0. The first-order valence-electron chi connectivity index (χ1n) is 18.5. The van der Waals surface area contributed by atoms with Crippen molar-refractivity contribution < 1.29 is 4.42 Å². The zero-order valence-corrected chi connectivity index (χ0v) is 29.6. The Kier molecular flexibility index (Phi) is 7.14. The van der Waals surface area contributed by atoms with Gasteiger partial charge in [-0.15, -0.1) is 0 Å². The van der Waals surface area contributed by atoms with Crippen LogP contribution in [0.4, 0.5) is 0 Å². The van der Waals surface area contributed by atoms with E-state index in [0.717, 1.165) is 55.3 Å². The van der Waals surface area contributed by atoms with E-state index in [1.807, 2.05) is 24.3 Å². The third-order valence-electron chi connectivity index (χ3n) is 10.7. The molecule has 4 heteroatoms. The molecule has 9 aromatic carbocycles. The fourth-order valence-corrected chi connectivity index (χ4v) is 7.97. The number of nitrogens with zero attached hydrogens (tertiary/aromatic N) is 3. The second kappa shape index (κ2) is 12.6. The first-order valence-corrected chi connectivity index (χ1v) is 18.5. The maximum Gasteiger partial charge on any atom is 0.164 e. The van der Waals surface area contributed by atoms with Gasteiger partial charge in [-0.3, -0.25) is 0 Å². The molecule has 0 spiro atoms. The summed E-state index contributed by atoms with van der Waals surface area (Å²) in [7, 11) is 0. The molecule has 0 bridgehead atoms. The lowest BCUT2D eigenvalue weighted by Gasteiger charge is -2.13. The van der Waals surface area contributed by atoms with E-state index < -0.39 is 0 Å². The van der Waals surface area contributed by atoms with Crippen LogP contribution in [0.5, 0.6) is 0 Å². The number of fused-ring (bicyclic) bond motifs is 9. The van der Waals surface area contributed by atoms with Crippen LogP contribution in [0.2, 0.25) is 0 Å². The second-order valence-electron chi connectivity index (χ2n) is 14.0. The molecule has 0 saturated heterocycles. The molecule has 0 atom stereocenters. The van der Waals surface area contributed by atoms with Crippen LogP contribution in [0.3, 0.4) is 0 Å². The Bertz CT molecular complexity index is 3200. The van der Waals surface area contributed by atoms with Gasteiger partial charge in [-0.05, 0) is 78.8 Å². The molecule has 0 fully saturated rings. The molecule has 4 nitrogen and oxygen atoms in total. The van der Waals surface area contributed by atoms with Gasteiger partial charge in [-0.25, -0.2) is 15.0 Å². The first kappa shape index (κ1) is 31.1. The molecule has 2 heterocycles. The first-order chi connectivity index (χ1) is 27.2. The van der Waals surface area contributed by atoms with Crippen LogP contribution in [-0.4, -0.2) is 15.0 Å². The van der Waals surface area contributed by atoms with Crippen molar-refractivity contribution in [2.45, 2.75) is 0 Å². The summed E-state index contributed by atoms with van der Waals surface area (Å²) in [4.78, 5) is 15.4. The highest BCUT2D eigenvalue weighted by atomic mass is 16.3. The SMILES string of the molecule is c1ccc(-c2ccc(-c3nc(-c4ccc(-c5ccc6c(c5)oc5ccccc56)cc4)nc(-c4ccc5c6ccccc6c6ccccc6c5c4)n3)cc2)cc1. The van der Waals surface area contributed by atoms with Crippen molar-refractivity contribution >= 4 is 54.3 Å². The van der Waals surface area contributed by atoms with Gasteiger partial charge < -0.3 is 4.42 Å². The van der Waals surface area contributed by atoms with E-state index in [-0.39, 0.29) is 0 Å². The van der Waals surface area contributed by atoms with Crippen molar-refractivity contribution in [3.63, 3.8) is 0 Å². The van der Waals surface area contributed by atoms with Gasteiger partial charge in [0.2, 0.25) is 0 Å². The van der Waals surface area contributed by atoms with Crippen LogP contribution >= 0.6 is 0 Å². The predicted molar refractivity (Wildman–Crippen MR) is 227 cm³/mol. The Balaban J connectivity index is 1.04. The van der Waals surface area contributed by atoms with Crippen LogP contribution in [-0.2, 0) is 0 Å². The van der Waals surface area contributed by atoms with Crippen molar-refractivity contribution in [2.75, 3.05) is 0 Å². The molecule has 0 N–H and O–H groups in total. The zero-order chi connectivity index (χ0) is 36.3. The maximum absolute atomic E-state index is 6.20. The average molecular weight is 702 g/mol. The van der Waals surface area contributed by atoms with E-state index in [9.17, 15) is 0 Å². The largest absolute Gasteiger partial charge is 0.456 e. The topological polar surface area (TPSA) is 51.8 Å². The van der Waals surface area contributed by atoms with E-state index in [2.05, 4.69) is 164 Å². The minimum Gasteiger partial charge on any atom is -0.456 e. The summed E-state index contributed by atoms with van der Waals surface area (Å²) < 4.78 is 6.20. The molecule has 0 aliphatic rings. The number of benzene rings is 9. The molecule has 2 aromatic heterocycles. The fraction of sp³-hybridized carbons (Fsp3) is 0. The zero-order valence-electron chi connectivity index (χ0n) is 29.6. The van der Waals surface area contributed by atoms with Crippen LogP contribution < -0.4 is 0 Å². The molecule has 55 heavy (non-hydrogen) atoms. The highest BCUT2D eigenvalue weighted by Crippen LogP contribution is 2.38. The van der Waals surface area contributed by atoms with Gasteiger partial charge in [-0.2, -0.15) is 0 Å². The summed E-state index contributed by atoms with van der Waals surface area (Å²) in [6, 6.07) is 65.8. The molecular formula is C51H31N3O. The van der Waals surface area contributed by atoms with E-state index >= 15 is 0 Å². The van der Waals surface area contributed by atoms with Crippen molar-refractivity contribution in [2.24, 2.45) is 0 Å². The van der Waals surface area contributed by atoms with Crippen molar-refractivity contribution in [3.05, 3.63) is 188 Å².